The molecule has 4 rings (SSSR count). The molecule has 2 N–H and O–H groups in total. The van der Waals surface area contributed by atoms with Gasteiger partial charge in [-0.25, -0.2) is 13.2 Å². The zero-order valence-corrected chi connectivity index (χ0v) is 20.1. The van der Waals surface area contributed by atoms with E-state index >= 15 is 0 Å². The number of carbonyl (C=O) groups is 1. The van der Waals surface area contributed by atoms with Crippen LogP contribution in [-0.2, 0) is 22.1 Å². The van der Waals surface area contributed by atoms with Crippen molar-refractivity contribution in [3.05, 3.63) is 113 Å². The van der Waals surface area contributed by atoms with Crippen molar-refractivity contribution in [3.63, 3.8) is 0 Å². The highest BCUT2D eigenvalue weighted by atomic mass is 35.5. The lowest BCUT2D eigenvalue weighted by Crippen LogP contribution is -2.28. The third kappa shape index (κ3) is 7.05. The molecule has 0 fully saturated rings. The fourth-order valence-electron chi connectivity index (χ4n) is 3.20. The first-order chi connectivity index (χ1) is 16.9. The first kappa shape index (κ1) is 24.3. The van der Waals surface area contributed by atoms with Gasteiger partial charge in [-0.05, 0) is 77.9 Å². The van der Waals surface area contributed by atoms with Gasteiger partial charge in [0.05, 0.1) is 10.6 Å². The van der Waals surface area contributed by atoms with Gasteiger partial charge in [-0.2, -0.15) is 0 Å². The van der Waals surface area contributed by atoms with Crippen LogP contribution in [0, 0.1) is 0 Å². The summed E-state index contributed by atoms with van der Waals surface area (Å²) in [6.07, 6.45) is 3.33. The predicted molar refractivity (Wildman–Crippen MR) is 135 cm³/mol. The number of nitrogens with one attached hydrogen (secondary N) is 2. The molecule has 0 bridgehead atoms. The van der Waals surface area contributed by atoms with E-state index in [1.165, 1.54) is 12.1 Å². The van der Waals surface area contributed by atoms with E-state index in [0.29, 0.717) is 34.3 Å². The minimum Gasteiger partial charge on any atom is -0.457 e. The molecule has 4 aromatic rings. The molecule has 0 radical (unpaired) electrons. The first-order valence-electron chi connectivity index (χ1n) is 10.7. The van der Waals surface area contributed by atoms with Gasteiger partial charge in [0.2, 0.25) is 0 Å². The average molecular weight is 508 g/mol. The van der Waals surface area contributed by atoms with Crippen LogP contribution in [0.15, 0.2) is 102 Å². The molecule has 0 unspecified atom stereocenters. The number of sulfone groups is 1. The summed E-state index contributed by atoms with van der Waals surface area (Å²) < 4.78 is 31.4. The standard InChI is InChI=1S/C26H22ClN3O4S/c27-21-5-11-24(12-6-21)34-23-9-3-19(4-10-23)18-35(32,33)25-13-7-22(8-14-25)30-26(31)29-17-20-2-1-15-28-16-20/h1-16H,17-18H2,(H2,29,30,31). The van der Waals surface area contributed by atoms with Crippen LogP contribution in [0.5, 0.6) is 11.5 Å². The lowest BCUT2D eigenvalue weighted by Gasteiger charge is -2.10. The number of rotatable bonds is 8. The van der Waals surface area contributed by atoms with Crippen LogP contribution in [0.2, 0.25) is 5.02 Å². The Labute approximate surface area is 208 Å². The predicted octanol–water partition coefficient (Wildman–Crippen LogP) is 5.82. The number of carbonyl (C=O) groups excluding carboxylic acids is 1. The molecule has 0 saturated heterocycles. The van der Waals surface area contributed by atoms with Gasteiger partial charge in [0.15, 0.2) is 9.84 Å². The minimum atomic E-state index is -3.57. The van der Waals surface area contributed by atoms with Gasteiger partial charge in [0, 0.05) is 29.6 Å². The lowest BCUT2D eigenvalue weighted by molar-refractivity contribution is 0.251. The number of aromatic nitrogens is 1. The van der Waals surface area contributed by atoms with E-state index in [0.717, 1.165) is 5.56 Å². The Morgan fingerprint density at radius 1 is 0.857 bits per heavy atom. The summed E-state index contributed by atoms with van der Waals surface area (Å²) in [5, 5.41) is 6.02. The Morgan fingerprint density at radius 3 is 2.14 bits per heavy atom. The molecule has 1 aromatic heterocycles. The van der Waals surface area contributed by atoms with Crippen LogP contribution < -0.4 is 15.4 Å². The molecule has 35 heavy (non-hydrogen) atoms. The lowest BCUT2D eigenvalue weighted by atomic mass is 10.2. The van der Waals surface area contributed by atoms with Crippen molar-refractivity contribution in [1.29, 1.82) is 0 Å². The number of benzene rings is 3. The minimum absolute atomic E-state index is 0.160. The maximum Gasteiger partial charge on any atom is 0.319 e. The normalized spacial score (nSPS) is 11.0. The number of ether oxygens (including phenoxy) is 1. The molecule has 2 amide bonds. The molecule has 0 aliphatic rings. The van der Waals surface area contributed by atoms with Gasteiger partial charge >= 0.3 is 6.03 Å². The van der Waals surface area contributed by atoms with Crippen LogP contribution in [0.1, 0.15) is 11.1 Å². The highest BCUT2D eigenvalue weighted by Crippen LogP contribution is 2.25. The van der Waals surface area contributed by atoms with Gasteiger partial charge in [-0.3, -0.25) is 4.98 Å². The Balaban J connectivity index is 1.32. The topological polar surface area (TPSA) is 97.4 Å². The Bertz CT molecular complexity index is 1380. The van der Waals surface area contributed by atoms with E-state index in [1.54, 1.807) is 79.1 Å². The van der Waals surface area contributed by atoms with Gasteiger partial charge in [0.25, 0.3) is 0 Å². The summed E-state index contributed by atoms with van der Waals surface area (Å²) in [5.41, 5.74) is 1.98. The molecule has 0 saturated carbocycles. The van der Waals surface area contributed by atoms with Crippen molar-refractivity contribution < 1.29 is 17.9 Å². The van der Waals surface area contributed by atoms with Crippen LogP contribution >= 0.6 is 11.6 Å². The molecule has 7 nitrogen and oxygen atoms in total. The van der Waals surface area contributed by atoms with E-state index in [4.69, 9.17) is 16.3 Å². The second-order valence-corrected chi connectivity index (χ2v) is 10.1. The maximum absolute atomic E-state index is 12.9. The summed E-state index contributed by atoms with van der Waals surface area (Å²) in [4.78, 5) is 16.3. The monoisotopic (exact) mass is 507 g/mol. The SMILES string of the molecule is O=C(NCc1cccnc1)Nc1ccc(S(=O)(=O)Cc2ccc(Oc3ccc(Cl)cc3)cc2)cc1. The summed E-state index contributed by atoms with van der Waals surface area (Å²) in [7, 11) is -3.57. The molecular formula is C26H22ClN3O4S. The maximum atomic E-state index is 12.9. The number of hydrogen-bond donors (Lipinski definition) is 2. The Hall–Kier alpha value is -3.88. The number of anilines is 1. The van der Waals surface area contributed by atoms with Crippen molar-refractivity contribution in [2.45, 2.75) is 17.2 Å². The number of hydrogen-bond acceptors (Lipinski definition) is 5. The number of pyridine rings is 1. The molecular weight excluding hydrogens is 486 g/mol. The van der Waals surface area contributed by atoms with Gasteiger partial charge in [-0.1, -0.05) is 29.8 Å². The van der Waals surface area contributed by atoms with Crippen LogP contribution in [-0.4, -0.2) is 19.4 Å². The van der Waals surface area contributed by atoms with E-state index in [9.17, 15) is 13.2 Å². The molecule has 0 aliphatic heterocycles. The molecule has 9 heteroatoms. The summed E-state index contributed by atoms with van der Waals surface area (Å²) in [5.74, 6) is 1.06. The van der Waals surface area contributed by atoms with Crippen LogP contribution in [0.25, 0.3) is 0 Å². The van der Waals surface area contributed by atoms with Crippen LogP contribution in [0.3, 0.4) is 0 Å². The highest BCUT2D eigenvalue weighted by molar-refractivity contribution is 7.90. The van der Waals surface area contributed by atoms with E-state index in [-0.39, 0.29) is 10.6 Å². The molecule has 0 atom stereocenters. The zero-order chi connectivity index (χ0) is 24.7. The quantitative estimate of drug-likeness (QED) is 0.313. The summed E-state index contributed by atoms with van der Waals surface area (Å²) in [6.45, 7) is 0.329. The van der Waals surface area contributed by atoms with Gasteiger partial charge in [0.1, 0.15) is 11.5 Å². The first-order valence-corrected chi connectivity index (χ1v) is 12.7. The average Bonchev–Trinajstić information content (AvgIpc) is 2.86. The Morgan fingerprint density at radius 2 is 1.51 bits per heavy atom. The van der Waals surface area contributed by atoms with Crippen molar-refractivity contribution in [1.82, 2.24) is 10.3 Å². The van der Waals surface area contributed by atoms with Crippen molar-refractivity contribution >= 4 is 33.2 Å². The molecule has 178 valence electrons. The Kier molecular flexibility index (Phi) is 7.64. The van der Waals surface area contributed by atoms with E-state index in [2.05, 4.69) is 15.6 Å². The third-order valence-corrected chi connectivity index (χ3v) is 6.93. The summed E-state index contributed by atoms with van der Waals surface area (Å²) >= 11 is 5.88. The fraction of sp³-hybridized carbons (Fsp3) is 0.0769. The second-order valence-electron chi connectivity index (χ2n) is 7.65. The smallest absolute Gasteiger partial charge is 0.319 e. The third-order valence-electron chi connectivity index (χ3n) is 4.98. The number of nitrogens with zero attached hydrogens (tertiary/aromatic N) is 1. The molecule has 0 aliphatic carbocycles. The number of urea groups is 1. The zero-order valence-electron chi connectivity index (χ0n) is 18.5. The van der Waals surface area contributed by atoms with Crippen molar-refractivity contribution in [2.24, 2.45) is 0 Å². The van der Waals surface area contributed by atoms with Gasteiger partial charge in [-0.15, -0.1) is 0 Å². The fourth-order valence-corrected chi connectivity index (χ4v) is 4.68. The van der Waals surface area contributed by atoms with Crippen molar-refractivity contribution in [3.8, 4) is 11.5 Å². The van der Waals surface area contributed by atoms with Crippen LogP contribution in [0.4, 0.5) is 10.5 Å². The molecule has 3 aromatic carbocycles. The van der Waals surface area contributed by atoms with Crippen molar-refractivity contribution in [2.75, 3.05) is 5.32 Å². The number of halogens is 1. The largest absolute Gasteiger partial charge is 0.457 e. The highest BCUT2D eigenvalue weighted by Gasteiger charge is 2.16. The number of amides is 2. The van der Waals surface area contributed by atoms with Gasteiger partial charge < -0.3 is 15.4 Å². The molecule has 0 spiro atoms. The molecule has 1 heterocycles. The van der Waals surface area contributed by atoms with E-state index < -0.39 is 15.9 Å². The second kappa shape index (κ2) is 11.0. The van der Waals surface area contributed by atoms with E-state index in [1.807, 2.05) is 6.07 Å². The summed E-state index contributed by atoms with van der Waals surface area (Å²) in [6, 6.07) is 23.1.